The molecule has 16 heteroatoms. The Hall–Kier alpha value is -3.50. The van der Waals surface area contributed by atoms with Gasteiger partial charge in [-0.3, -0.25) is 18.9 Å². The van der Waals surface area contributed by atoms with Gasteiger partial charge in [-0.1, -0.05) is 0 Å². The first-order valence-corrected chi connectivity index (χ1v) is 11.1. The maximum atomic E-state index is 12.9. The van der Waals surface area contributed by atoms with Crippen molar-refractivity contribution in [1.29, 1.82) is 0 Å². The average Bonchev–Trinajstić information content (AvgIpc) is 3.41. The van der Waals surface area contributed by atoms with Gasteiger partial charge in [0.15, 0.2) is 5.84 Å². The van der Waals surface area contributed by atoms with Crippen LogP contribution in [0.25, 0.3) is 0 Å². The Balaban J connectivity index is 1.51. The van der Waals surface area contributed by atoms with E-state index in [-0.39, 0.29) is 18.8 Å². The summed E-state index contributed by atoms with van der Waals surface area (Å²) in [4.78, 5) is 35.7. The van der Waals surface area contributed by atoms with Crippen LogP contribution in [0, 0.1) is 0 Å². The largest absolute Gasteiger partial charge is 0.418 e. The van der Waals surface area contributed by atoms with Gasteiger partial charge < -0.3 is 9.74 Å². The fraction of sp³-hybridized carbons (Fsp3) is 0.471. The van der Waals surface area contributed by atoms with Gasteiger partial charge in [0.05, 0.1) is 31.1 Å². The van der Waals surface area contributed by atoms with Gasteiger partial charge in [0.25, 0.3) is 0 Å². The van der Waals surface area contributed by atoms with Crippen molar-refractivity contribution in [2.24, 2.45) is 19.1 Å². The second-order valence-electron chi connectivity index (χ2n) is 7.50. The zero-order valence-corrected chi connectivity index (χ0v) is 18.8. The smallest absolute Gasteiger partial charge is 0.342 e. The first kappa shape index (κ1) is 22.7. The van der Waals surface area contributed by atoms with E-state index in [0.717, 1.165) is 5.56 Å². The molecule has 0 saturated carbocycles. The quantitative estimate of drug-likeness (QED) is 0.235. The van der Waals surface area contributed by atoms with Crippen LogP contribution in [0.3, 0.4) is 0 Å². The lowest BCUT2D eigenvalue weighted by molar-refractivity contribution is -0.147. The fourth-order valence-electron chi connectivity index (χ4n) is 3.94. The van der Waals surface area contributed by atoms with Crippen molar-refractivity contribution in [2.45, 2.75) is 24.9 Å². The van der Waals surface area contributed by atoms with E-state index in [0.29, 0.717) is 22.7 Å². The maximum absolute atomic E-state index is 12.9. The number of aryl methyl sites for hydroxylation is 3. The van der Waals surface area contributed by atoms with Crippen LogP contribution in [0.15, 0.2) is 23.6 Å². The minimum absolute atomic E-state index is 0.0351. The van der Waals surface area contributed by atoms with Crippen molar-refractivity contribution >= 4 is 28.2 Å². The van der Waals surface area contributed by atoms with Crippen molar-refractivity contribution < 1.29 is 31.7 Å². The van der Waals surface area contributed by atoms with Crippen LogP contribution >= 0.6 is 0 Å². The molecule has 0 unspecified atom stereocenters. The molecule has 2 atom stereocenters. The highest BCUT2D eigenvalue weighted by Crippen LogP contribution is 2.44. The molecule has 0 aromatic carbocycles. The monoisotopic (exact) mass is 482 g/mol. The number of amides is 2. The molecule has 2 aliphatic rings. The molecule has 0 aliphatic carbocycles. The first-order chi connectivity index (χ1) is 15.6. The summed E-state index contributed by atoms with van der Waals surface area (Å²) in [6.07, 6.45) is 5.42. The summed E-state index contributed by atoms with van der Waals surface area (Å²) < 4.78 is 39.2. The normalized spacial score (nSPS) is 20.2. The number of carbonyl (C=O) groups excluding carboxylic acids is 2. The van der Waals surface area contributed by atoms with E-state index in [9.17, 15) is 18.0 Å². The highest BCUT2D eigenvalue weighted by atomic mass is 32.3. The number of nitrogens with zero attached hydrogens (tertiary/aromatic N) is 7. The SMILES string of the molecule is CN=C(NOC(=O)CCc1cnn(C)c1)[C@@H]1c2c(cnn2C)[C@@H]2CN1C(=O)N2OS(=O)(=O)O. The average molecular weight is 482 g/mol. The standard InChI is InChI=1S/C17H22N8O7S/c1-18-16(21-31-13(26)5-4-10-6-19-22(2)8-10)15-14-11(7-20-23(14)3)12-9-24(15)17(27)25(12)32-33(28,29)30/h6-8,12,15H,4-5,9H2,1-3H3,(H,18,21)(H,28,29,30)/t12-,15-/m0/s1. The summed E-state index contributed by atoms with van der Waals surface area (Å²) in [5, 5.41) is 8.80. The summed E-state index contributed by atoms with van der Waals surface area (Å²) in [7, 11) is -0.0753. The minimum atomic E-state index is -4.94. The number of aliphatic imine (C=N–C) groups is 1. The third-order valence-electron chi connectivity index (χ3n) is 5.35. The van der Waals surface area contributed by atoms with Crippen molar-refractivity contribution in [3.8, 4) is 0 Å². The number of aromatic nitrogens is 4. The Labute approximate surface area is 188 Å². The van der Waals surface area contributed by atoms with Crippen LogP contribution < -0.4 is 5.48 Å². The van der Waals surface area contributed by atoms with Crippen LogP contribution in [0.2, 0.25) is 0 Å². The highest BCUT2D eigenvalue weighted by Gasteiger charge is 2.53. The third-order valence-corrected chi connectivity index (χ3v) is 5.70. The Kier molecular flexibility index (Phi) is 5.81. The van der Waals surface area contributed by atoms with Crippen LogP contribution in [-0.2, 0) is 44.8 Å². The van der Waals surface area contributed by atoms with Gasteiger partial charge in [0.1, 0.15) is 12.1 Å². The number of fused-ring (bicyclic) bond motifs is 4. The van der Waals surface area contributed by atoms with Crippen LogP contribution in [0.5, 0.6) is 0 Å². The molecule has 15 nitrogen and oxygen atoms in total. The molecule has 1 saturated heterocycles. The first-order valence-electron chi connectivity index (χ1n) is 9.77. The second kappa shape index (κ2) is 8.45. The molecule has 2 aromatic rings. The number of urea groups is 1. The van der Waals surface area contributed by atoms with E-state index in [1.165, 1.54) is 22.8 Å². The molecular formula is C17H22N8O7S. The summed E-state index contributed by atoms with van der Waals surface area (Å²) >= 11 is 0. The molecule has 2 amide bonds. The van der Waals surface area contributed by atoms with E-state index < -0.39 is 34.5 Å². The molecule has 0 radical (unpaired) electrons. The van der Waals surface area contributed by atoms with E-state index in [1.807, 2.05) is 0 Å². The summed E-state index contributed by atoms with van der Waals surface area (Å²) in [5.41, 5.74) is 4.41. The van der Waals surface area contributed by atoms with Crippen molar-refractivity contribution in [1.82, 2.24) is 35.0 Å². The van der Waals surface area contributed by atoms with Crippen LogP contribution in [0.1, 0.15) is 35.3 Å². The van der Waals surface area contributed by atoms with Gasteiger partial charge in [0.2, 0.25) is 0 Å². The number of carbonyl (C=O) groups is 2. The molecule has 4 heterocycles. The zero-order valence-electron chi connectivity index (χ0n) is 17.9. The number of nitrogens with one attached hydrogen (secondary N) is 1. The van der Waals surface area contributed by atoms with E-state index in [1.54, 1.807) is 31.2 Å². The van der Waals surface area contributed by atoms with Gasteiger partial charge in [-0.15, -0.1) is 4.28 Å². The highest BCUT2D eigenvalue weighted by molar-refractivity contribution is 7.80. The van der Waals surface area contributed by atoms with Crippen LogP contribution in [-0.4, -0.2) is 73.9 Å². The predicted octanol–water partition coefficient (Wildman–Crippen LogP) is -0.570. The number of hydrogen-bond acceptors (Lipinski definition) is 9. The Bertz CT molecular complexity index is 1220. The molecule has 4 rings (SSSR count). The molecule has 33 heavy (non-hydrogen) atoms. The van der Waals surface area contributed by atoms with Crippen molar-refractivity contribution in [2.75, 3.05) is 13.6 Å². The summed E-state index contributed by atoms with van der Waals surface area (Å²) in [5.74, 6) is -0.432. The Morgan fingerprint density at radius 2 is 2.09 bits per heavy atom. The van der Waals surface area contributed by atoms with Gasteiger partial charge in [0, 0.05) is 32.9 Å². The number of amidine groups is 1. The fourth-order valence-corrected chi connectivity index (χ4v) is 4.31. The van der Waals surface area contributed by atoms with Gasteiger partial charge in [-0.2, -0.15) is 23.7 Å². The number of hydrogen-bond donors (Lipinski definition) is 2. The molecular weight excluding hydrogens is 460 g/mol. The second-order valence-corrected chi connectivity index (χ2v) is 8.50. The number of rotatable bonds is 6. The molecule has 2 N–H and O–H groups in total. The van der Waals surface area contributed by atoms with Crippen molar-refractivity contribution in [3.63, 3.8) is 0 Å². The van der Waals surface area contributed by atoms with E-state index >= 15 is 0 Å². The minimum Gasteiger partial charge on any atom is -0.342 e. The molecule has 2 aliphatic heterocycles. The molecule has 178 valence electrons. The maximum Gasteiger partial charge on any atom is 0.418 e. The molecule has 2 aromatic heterocycles. The van der Waals surface area contributed by atoms with E-state index in [4.69, 9.17) is 9.39 Å². The van der Waals surface area contributed by atoms with E-state index in [2.05, 4.69) is 25.0 Å². The number of hydroxylamine groups is 3. The Morgan fingerprint density at radius 3 is 2.73 bits per heavy atom. The van der Waals surface area contributed by atoms with Gasteiger partial charge in [-0.05, 0) is 12.0 Å². The topological polar surface area (TPSA) is 173 Å². The lowest BCUT2D eigenvalue weighted by Gasteiger charge is -2.31. The van der Waals surface area contributed by atoms with Gasteiger partial charge >= 0.3 is 22.4 Å². The van der Waals surface area contributed by atoms with Crippen LogP contribution in [0.4, 0.5) is 4.79 Å². The summed E-state index contributed by atoms with van der Waals surface area (Å²) in [6, 6.07) is -2.51. The summed E-state index contributed by atoms with van der Waals surface area (Å²) in [6.45, 7) is 0.0351. The molecule has 2 bridgehead atoms. The van der Waals surface area contributed by atoms with Gasteiger partial charge in [-0.25, -0.2) is 15.1 Å². The lowest BCUT2D eigenvalue weighted by Crippen LogP contribution is -2.45. The third kappa shape index (κ3) is 4.39. The zero-order chi connectivity index (χ0) is 23.9. The molecule has 0 spiro atoms. The predicted molar refractivity (Wildman–Crippen MR) is 109 cm³/mol. The molecule has 1 fully saturated rings. The van der Waals surface area contributed by atoms with Crippen molar-refractivity contribution in [3.05, 3.63) is 35.4 Å². The Morgan fingerprint density at radius 1 is 1.33 bits per heavy atom. The lowest BCUT2D eigenvalue weighted by atomic mass is 9.97.